The number of hydrogen-bond acceptors (Lipinski definition) is 7. The second-order valence-corrected chi connectivity index (χ2v) is 7.76. The van der Waals surface area contributed by atoms with Crippen LogP contribution >= 0.6 is 0 Å². The molecule has 160 valence electrons. The summed E-state index contributed by atoms with van der Waals surface area (Å²) in [4.78, 5) is 25.1. The van der Waals surface area contributed by atoms with Crippen LogP contribution in [0.1, 0.15) is 15.9 Å². The number of benzene rings is 2. The highest BCUT2D eigenvalue weighted by Gasteiger charge is 2.14. The molecule has 2 heterocycles. The molecule has 1 aromatic heterocycles. The average Bonchev–Trinajstić information content (AvgIpc) is 2.77. The molecule has 31 heavy (non-hydrogen) atoms. The molecular weight excluding hydrogens is 390 g/mol. The number of hydrogen-bond donors (Lipinski definition) is 3. The van der Waals surface area contributed by atoms with E-state index in [9.17, 15) is 4.79 Å². The Morgan fingerprint density at radius 1 is 1.00 bits per heavy atom. The number of aryl methyl sites for hydroxylation is 1. The van der Waals surface area contributed by atoms with E-state index in [1.807, 2.05) is 25.1 Å². The quantitative estimate of drug-likeness (QED) is 0.567. The molecule has 1 saturated heterocycles. The Morgan fingerprint density at radius 2 is 1.74 bits per heavy atom. The number of nitrogens with zero attached hydrogens (tertiary/aromatic N) is 4. The van der Waals surface area contributed by atoms with Crippen LogP contribution in [0.2, 0.25) is 0 Å². The third kappa shape index (κ3) is 5.10. The first-order chi connectivity index (χ1) is 15.0. The summed E-state index contributed by atoms with van der Waals surface area (Å²) in [5, 5.41) is 6.50. The molecule has 0 unspecified atom stereocenters. The first kappa shape index (κ1) is 20.6. The first-order valence-corrected chi connectivity index (χ1v) is 10.3. The van der Waals surface area contributed by atoms with E-state index in [4.69, 9.17) is 5.73 Å². The molecule has 3 aromatic rings. The van der Waals surface area contributed by atoms with Gasteiger partial charge in [-0.2, -0.15) is 4.98 Å². The maximum Gasteiger partial charge on any atom is 0.248 e. The lowest BCUT2D eigenvalue weighted by Crippen LogP contribution is -2.44. The van der Waals surface area contributed by atoms with E-state index in [-0.39, 0.29) is 0 Å². The topological polar surface area (TPSA) is 99.4 Å². The summed E-state index contributed by atoms with van der Waals surface area (Å²) in [5.74, 6) is 0.685. The van der Waals surface area contributed by atoms with Gasteiger partial charge in [0.15, 0.2) is 0 Å². The van der Waals surface area contributed by atoms with Gasteiger partial charge in [0.25, 0.3) is 0 Å². The van der Waals surface area contributed by atoms with Gasteiger partial charge in [-0.25, -0.2) is 4.98 Å². The molecule has 1 aliphatic heterocycles. The zero-order valence-corrected chi connectivity index (χ0v) is 17.8. The third-order valence-corrected chi connectivity index (χ3v) is 5.37. The molecule has 1 fully saturated rings. The van der Waals surface area contributed by atoms with Crippen molar-refractivity contribution in [3.05, 3.63) is 65.9 Å². The van der Waals surface area contributed by atoms with Gasteiger partial charge in [-0.15, -0.1) is 0 Å². The summed E-state index contributed by atoms with van der Waals surface area (Å²) in [7, 11) is 2.16. The van der Waals surface area contributed by atoms with Crippen molar-refractivity contribution < 1.29 is 4.79 Å². The summed E-state index contributed by atoms with van der Waals surface area (Å²) < 4.78 is 0. The average molecular weight is 418 g/mol. The highest BCUT2D eigenvalue weighted by atomic mass is 16.1. The zero-order chi connectivity index (χ0) is 21.8. The Morgan fingerprint density at radius 3 is 2.45 bits per heavy atom. The number of amides is 1. The molecule has 4 rings (SSSR count). The number of rotatable bonds is 6. The third-order valence-electron chi connectivity index (χ3n) is 5.37. The van der Waals surface area contributed by atoms with Crippen molar-refractivity contribution in [2.75, 3.05) is 48.8 Å². The predicted octanol–water partition coefficient (Wildman–Crippen LogP) is 3.12. The van der Waals surface area contributed by atoms with Gasteiger partial charge in [0.05, 0.1) is 0 Å². The van der Waals surface area contributed by atoms with E-state index in [1.165, 1.54) is 5.69 Å². The van der Waals surface area contributed by atoms with Gasteiger partial charge in [0.1, 0.15) is 5.82 Å². The minimum Gasteiger partial charge on any atom is -0.369 e. The molecule has 1 amide bonds. The number of carbonyl (C=O) groups excluding carboxylic acids is 1. The number of likely N-dealkylation sites (N-methyl/N-ethyl adjacent to an activating group) is 1. The Kier molecular flexibility index (Phi) is 5.99. The lowest BCUT2D eigenvalue weighted by molar-refractivity contribution is 0.100. The molecule has 0 saturated carbocycles. The van der Waals surface area contributed by atoms with Gasteiger partial charge in [-0.1, -0.05) is 6.07 Å². The number of nitrogens with two attached hydrogens (primary N) is 1. The summed E-state index contributed by atoms with van der Waals surface area (Å²) in [6.07, 6.45) is 1.76. The van der Waals surface area contributed by atoms with Crippen LogP contribution in [0.15, 0.2) is 54.7 Å². The van der Waals surface area contributed by atoms with Crippen LogP contribution < -0.4 is 21.3 Å². The molecule has 0 atom stereocenters. The molecule has 0 bridgehead atoms. The van der Waals surface area contributed by atoms with E-state index in [0.717, 1.165) is 43.1 Å². The van der Waals surface area contributed by atoms with Crippen LogP contribution in [0, 0.1) is 6.92 Å². The molecule has 0 radical (unpaired) electrons. The number of piperazine rings is 1. The van der Waals surface area contributed by atoms with E-state index >= 15 is 0 Å². The number of aromatic nitrogens is 2. The first-order valence-electron chi connectivity index (χ1n) is 10.3. The molecule has 8 nitrogen and oxygen atoms in total. The SMILES string of the molecule is Cc1cnc(Nc2ccc(N3CCN(C)CC3)cc2)nc1Nc1cccc(C(N)=O)c1. The van der Waals surface area contributed by atoms with E-state index in [1.54, 1.807) is 24.4 Å². The van der Waals surface area contributed by atoms with Crippen LogP contribution in [0.3, 0.4) is 0 Å². The van der Waals surface area contributed by atoms with Crippen molar-refractivity contribution in [3.63, 3.8) is 0 Å². The second-order valence-electron chi connectivity index (χ2n) is 7.76. The number of primary amides is 1. The summed E-state index contributed by atoms with van der Waals surface area (Å²) in [6.45, 7) is 6.16. The maximum atomic E-state index is 11.4. The van der Waals surface area contributed by atoms with Gasteiger partial charge < -0.3 is 26.2 Å². The number of nitrogens with one attached hydrogen (secondary N) is 2. The predicted molar refractivity (Wildman–Crippen MR) is 124 cm³/mol. The van der Waals surface area contributed by atoms with Gasteiger partial charge in [-0.05, 0) is 56.4 Å². The molecule has 1 aliphatic rings. The van der Waals surface area contributed by atoms with Gasteiger partial charge in [0, 0.05) is 60.6 Å². The van der Waals surface area contributed by atoms with Crippen molar-refractivity contribution in [3.8, 4) is 0 Å². The van der Waals surface area contributed by atoms with Crippen LogP contribution in [0.25, 0.3) is 0 Å². The van der Waals surface area contributed by atoms with Crippen LogP contribution in [0.5, 0.6) is 0 Å². The molecular formula is C23H27N7O. The molecule has 2 aromatic carbocycles. The van der Waals surface area contributed by atoms with Crippen molar-refractivity contribution in [2.24, 2.45) is 5.73 Å². The molecule has 0 spiro atoms. The van der Waals surface area contributed by atoms with Crippen molar-refractivity contribution in [1.29, 1.82) is 0 Å². The standard InChI is InChI=1S/C23H27N7O/c1-16-15-25-23(28-22(16)26-19-5-3-4-17(14-19)21(24)31)27-18-6-8-20(9-7-18)30-12-10-29(2)11-13-30/h3-9,14-15H,10-13H2,1-2H3,(H2,24,31)(H2,25,26,27,28). The van der Waals surface area contributed by atoms with Crippen molar-refractivity contribution in [2.45, 2.75) is 6.92 Å². The Labute approximate surface area is 182 Å². The van der Waals surface area contributed by atoms with E-state index in [2.05, 4.69) is 49.6 Å². The molecule has 0 aliphatic carbocycles. The Hall–Kier alpha value is -3.65. The normalized spacial score (nSPS) is 14.3. The maximum absolute atomic E-state index is 11.4. The van der Waals surface area contributed by atoms with E-state index in [0.29, 0.717) is 17.3 Å². The van der Waals surface area contributed by atoms with Gasteiger partial charge in [-0.3, -0.25) is 4.79 Å². The summed E-state index contributed by atoms with van der Waals surface area (Å²) >= 11 is 0. The summed E-state index contributed by atoms with van der Waals surface area (Å²) in [6, 6.07) is 15.3. The monoisotopic (exact) mass is 417 g/mol. The minimum atomic E-state index is -0.467. The molecule has 8 heteroatoms. The number of anilines is 5. The van der Waals surface area contributed by atoms with Crippen molar-refractivity contribution in [1.82, 2.24) is 14.9 Å². The van der Waals surface area contributed by atoms with Crippen LogP contribution in [-0.4, -0.2) is 54.0 Å². The van der Waals surface area contributed by atoms with Gasteiger partial charge in [0.2, 0.25) is 11.9 Å². The Balaban J connectivity index is 1.46. The second kappa shape index (κ2) is 9.01. The fourth-order valence-corrected chi connectivity index (χ4v) is 3.47. The highest BCUT2D eigenvalue weighted by Crippen LogP contribution is 2.23. The molecule has 4 N–H and O–H groups in total. The zero-order valence-electron chi connectivity index (χ0n) is 17.8. The van der Waals surface area contributed by atoms with E-state index < -0.39 is 5.91 Å². The fraction of sp³-hybridized carbons (Fsp3) is 0.261. The Bertz CT molecular complexity index is 1060. The van der Waals surface area contributed by atoms with Crippen LogP contribution in [0.4, 0.5) is 28.8 Å². The lowest BCUT2D eigenvalue weighted by atomic mass is 10.2. The van der Waals surface area contributed by atoms with Gasteiger partial charge >= 0.3 is 0 Å². The highest BCUT2D eigenvalue weighted by molar-refractivity contribution is 5.93. The lowest BCUT2D eigenvalue weighted by Gasteiger charge is -2.34. The largest absolute Gasteiger partial charge is 0.369 e. The minimum absolute atomic E-state index is 0.440. The van der Waals surface area contributed by atoms with Crippen LogP contribution in [-0.2, 0) is 0 Å². The fourth-order valence-electron chi connectivity index (χ4n) is 3.47. The number of carbonyl (C=O) groups is 1. The summed E-state index contributed by atoms with van der Waals surface area (Å²) in [5.41, 5.74) is 9.58. The smallest absolute Gasteiger partial charge is 0.248 e. The van der Waals surface area contributed by atoms with Crippen molar-refractivity contribution >= 4 is 34.7 Å².